The van der Waals surface area contributed by atoms with E-state index in [1.165, 1.54) is 19.3 Å². The van der Waals surface area contributed by atoms with Gasteiger partial charge in [0.05, 0.1) is 12.6 Å². The summed E-state index contributed by atoms with van der Waals surface area (Å²) >= 11 is 0. The van der Waals surface area contributed by atoms with Crippen molar-refractivity contribution in [3.05, 3.63) is 0 Å². The third-order valence-corrected chi connectivity index (χ3v) is 5.07. The largest absolute Gasteiger partial charge is 0.461 e. The Bertz CT molecular complexity index is 354. The van der Waals surface area contributed by atoms with Crippen molar-refractivity contribution in [3.63, 3.8) is 0 Å². The molecule has 0 radical (unpaired) electrons. The fraction of sp³-hybridized carbons (Fsp3) is 0.941. The Hall–Kier alpha value is -0.610. The van der Waals surface area contributed by atoms with Crippen LogP contribution in [0.1, 0.15) is 72.6 Å². The lowest BCUT2D eigenvalue weighted by Crippen LogP contribution is -2.63. The van der Waals surface area contributed by atoms with E-state index < -0.39 is 0 Å². The van der Waals surface area contributed by atoms with Crippen LogP contribution < -0.4 is 0 Å². The van der Waals surface area contributed by atoms with Crippen molar-refractivity contribution in [2.45, 2.75) is 95.9 Å². The molecule has 2 fully saturated rings. The molecule has 0 amide bonds. The van der Waals surface area contributed by atoms with Crippen molar-refractivity contribution in [2.75, 3.05) is 6.54 Å². The molecule has 21 heavy (non-hydrogen) atoms. The molecule has 4 nitrogen and oxygen atoms in total. The maximum Gasteiger partial charge on any atom is 0.320 e. The number of likely N-dealkylation sites (tertiary alicyclic amines) is 1. The minimum Gasteiger partial charge on any atom is -0.461 e. The lowest BCUT2D eigenvalue weighted by molar-refractivity contribution is -0.160. The Morgan fingerprint density at radius 3 is 2.14 bits per heavy atom. The summed E-state index contributed by atoms with van der Waals surface area (Å²) in [7, 11) is 0. The monoisotopic (exact) mass is 297 g/mol. The van der Waals surface area contributed by atoms with Crippen LogP contribution in [0.4, 0.5) is 0 Å². The Kier molecular flexibility index (Phi) is 4.99. The molecule has 0 atom stereocenters. The van der Waals surface area contributed by atoms with Crippen LogP contribution in [0.15, 0.2) is 0 Å². The second kappa shape index (κ2) is 6.25. The fourth-order valence-electron chi connectivity index (χ4n) is 4.23. The molecule has 0 spiro atoms. The molecule has 4 heteroatoms. The molecule has 0 unspecified atom stereocenters. The third-order valence-electron chi connectivity index (χ3n) is 5.07. The first-order chi connectivity index (χ1) is 9.71. The smallest absolute Gasteiger partial charge is 0.320 e. The number of rotatable bonds is 3. The second-order valence-corrected chi connectivity index (χ2v) is 8.02. The van der Waals surface area contributed by atoms with E-state index in [9.17, 15) is 9.90 Å². The normalized spacial score (nSPS) is 27.5. The van der Waals surface area contributed by atoms with Crippen molar-refractivity contribution < 1.29 is 14.6 Å². The average Bonchev–Trinajstić information content (AvgIpc) is 2.34. The lowest BCUT2D eigenvalue weighted by Gasteiger charge is -2.53. The van der Waals surface area contributed by atoms with Gasteiger partial charge < -0.3 is 9.84 Å². The van der Waals surface area contributed by atoms with E-state index in [2.05, 4.69) is 32.6 Å². The number of hydrogen-bond acceptors (Lipinski definition) is 4. The van der Waals surface area contributed by atoms with Gasteiger partial charge in [0.2, 0.25) is 0 Å². The van der Waals surface area contributed by atoms with Crippen LogP contribution in [0, 0.1) is 0 Å². The van der Waals surface area contributed by atoms with Gasteiger partial charge in [-0.3, -0.25) is 9.69 Å². The first-order valence-electron chi connectivity index (χ1n) is 8.36. The highest BCUT2D eigenvalue weighted by atomic mass is 16.5. The summed E-state index contributed by atoms with van der Waals surface area (Å²) < 4.78 is 5.66. The number of hydrogen-bond donors (Lipinski definition) is 1. The number of esters is 1. The standard InChI is InChI=1S/C17H31NO3/c1-16(2)10-13(19)11-17(3,4)18(16)12-15(20)21-14-8-6-5-7-9-14/h13-14,19H,5-12H2,1-4H3. The van der Waals surface area contributed by atoms with E-state index in [-0.39, 0.29) is 29.3 Å². The maximum atomic E-state index is 12.3. The SMILES string of the molecule is CC1(C)CC(O)CC(C)(C)N1CC(=O)OC1CCCCC1. The number of piperidine rings is 1. The molecule has 1 N–H and O–H groups in total. The van der Waals surface area contributed by atoms with Crippen LogP contribution in [0.3, 0.4) is 0 Å². The van der Waals surface area contributed by atoms with Crippen molar-refractivity contribution in [1.82, 2.24) is 4.90 Å². The van der Waals surface area contributed by atoms with E-state index in [0.29, 0.717) is 19.4 Å². The van der Waals surface area contributed by atoms with Gasteiger partial charge >= 0.3 is 5.97 Å². The van der Waals surface area contributed by atoms with E-state index in [4.69, 9.17) is 4.74 Å². The quantitative estimate of drug-likeness (QED) is 0.814. The van der Waals surface area contributed by atoms with E-state index in [1.54, 1.807) is 0 Å². The van der Waals surface area contributed by atoms with Gasteiger partial charge in [-0.2, -0.15) is 0 Å². The van der Waals surface area contributed by atoms with Gasteiger partial charge in [0.25, 0.3) is 0 Å². The summed E-state index contributed by atoms with van der Waals surface area (Å²) in [5, 5.41) is 10.1. The van der Waals surface area contributed by atoms with Crippen molar-refractivity contribution in [1.29, 1.82) is 0 Å². The molecule has 1 saturated heterocycles. The highest BCUT2D eigenvalue weighted by molar-refractivity contribution is 5.72. The van der Waals surface area contributed by atoms with Crippen LogP contribution in [-0.4, -0.2) is 45.8 Å². The van der Waals surface area contributed by atoms with Gasteiger partial charge in [-0.25, -0.2) is 0 Å². The Balaban J connectivity index is 1.97. The zero-order valence-electron chi connectivity index (χ0n) is 14.0. The average molecular weight is 297 g/mol. The molecule has 1 heterocycles. The predicted octanol–water partition coefficient (Wildman–Crippen LogP) is 2.88. The van der Waals surface area contributed by atoms with Gasteiger partial charge in [-0.1, -0.05) is 6.42 Å². The van der Waals surface area contributed by atoms with Crippen molar-refractivity contribution in [2.24, 2.45) is 0 Å². The number of carbonyl (C=O) groups is 1. The first kappa shape index (κ1) is 16.8. The van der Waals surface area contributed by atoms with Crippen molar-refractivity contribution in [3.8, 4) is 0 Å². The maximum absolute atomic E-state index is 12.3. The molecule has 1 aliphatic heterocycles. The Labute approximate surface area is 128 Å². The van der Waals surface area contributed by atoms with Crippen LogP contribution in [-0.2, 0) is 9.53 Å². The number of aliphatic hydroxyl groups is 1. The van der Waals surface area contributed by atoms with E-state index in [0.717, 1.165) is 12.8 Å². The summed E-state index contributed by atoms with van der Waals surface area (Å²) in [6, 6.07) is 0. The molecule has 1 saturated carbocycles. The van der Waals surface area contributed by atoms with Crippen LogP contribution in [0.5, 0.6) is 0 Å². The van der Waals surface area contributed by atoms with Crippen LogP contribution in [0.25, 0.3) is 0 Å². The Morgan fingerprint density at radius 1 is 1.10 bits per heavy atom. The summed E-state index contributed by atoms with van der Waals surface area (Å²) in [4.78, 5) is 14.5. The Morgan fingerprint density at radius 2 is 1.62 bits per heavy atom. The molecule has 0 aromatic heterocycles. The highest BCUT2D eigenvalue weighted by Gasteiger charge is 2.45. The summed E-state index contributed by atoms with van der Waals surface area (Å²) in [5.41, 5.74) is -0.375. The summed E-state index contributed by atoms with van der Waals surface area (Å²) in [6.45, 7) is 8.73. The molecule has 0 bridgehead atoms. The van der Waals surface area contributed by atoms with Gasteiger partial charge in [-0.05, 0) is 66.2 Å². The molecule has 1 aliphatic carbocycles. The second-order valence-electron chi connectivity index (χ2n) is 8.02. The third kappa shape index (κ3) is 4.19. The molecule has 2 aliphatic rings. The molecule has 122 valence electrons. The first-order valence-corrected chi connectivity index (χ1v) is 8.36. The van der Waals surface area contributed by atoms with E-state index in [1.807, 2.05) is 0 Å². The minimum atomic E-state index is -0.291. The molecule has 0 aromatic carbocycles. The lowest BCUT2D eigenvalue weighted by atomic mass is 9.78. The number of carbonyl (C=O) groups excluding carboxylic acids is 1. The zero-order valence-corrected chi connectivity index (χ0v) is 14.0. The van der Waals surface area contributed by atoms with Gasteiger partial charge in [0, 0.05) is 11.1 Å². The number of nitrogens with zero attached hydrogens (tertiary/aromatic N) is 1. The molecular weight excluding hydrogens is 266 g/mol. The zero-order chi connectivity index (χ0) is 15.7. The summed E-state index contributed by atoms with van der Waals surface area (Å²) in [5.74, 6) is -0.112. The topological polar surface area (TPSA) is 49.8 Å². The minimum absolute atomic E-state index is 0.112. The highest BCUT2D eigenvalue weighted by Crippen LogP contribution is 2.38. The van der Waals surface area contributed by atoms with Crippen molar-refractivity contribution >= 4 is 5.97 Å². The van der Waals surface area contributed by atoms with Crippen LogP contribution in [0.2, 0.25) is 0 Å². The van der Waals surface area contributed by atoms with Gasteiger partial charge in [0.1, 0.15) is 6.10 Å². The molecule has 0 aromatic rings. The molecular formula is C17H31NO3. The number of ether oxygens (including phenoxy) is 1. The fourth-order valence-corrected chi connectivity index (χ4v) is 4.23. The predicted molar refractivity (Wildman–Crippen MR) is 83.1 cm³/mol. The van der Waals surface area contributed by atoms with Gasteiger partial charge in [-0.15, -0.1) is 0 Å². The number of aliphatic hydroxyl groups excluding tert-OH is 1. The van der Waals surface area contributed by atoms with Crippen LogP contribution >= 0.6 is 0 Å². The molecule has 2 rings (SSSR count). The summed E-state index contributed by atoms with van der Waals surface area (Å²) in [6.07, 6.45) is 6.86. The van der Waals surface area contributed by atoms with Gasteiger partial charge in [0.15, 0.2) is 0 Å². The van der Waals surface area contributed by atoms with E-state index >= 15 is 0 Å².